The van der Waals surface area contributed by atoms with E-state index < -0.39 is 12.0 Å². The Morgan fingerprint density at radius 1 is 1.46 bits per heavy atom. The van der Waals surface area contributed by atoms with Crippen molar-refractivity contribution >= 4 is 12.2 Å². The molecule has 1 aliphatic carbocycles. The van der Waals surface area contributed by atoms with Gasteiger partial charge in [-0.1, -0.05) is 0 Å². The summed E-state index contributed by atoms with van der Waals surface area (Å²) in [6.45, 7) is 0. The molecule has 72 valence electrons. The van der Waals surface area contributed by atoms with Crippen LogP contribution in [0.5, 0.6) is 0 Å². The number of aromatic amines is 1. The van der Waals surface area contributed by atoms with E-state index in [4.69, 9.17) is 12.2 Å². The van der Waals surface area contributed by atoms with E-state index in [-0.39, 0.29) is 10.8 Å². The summed E-state index contributed by atoms with van der Waals surface area (Å²) in [5.41, 5.74) is 0. The molecule has 0 radical (unpaired) electrons. The molecule has 0 bridgehead atoms. The molecule has 2 rings (SSSR count). The van der Waals surface area contributed by atoms with Gasteiger partial charge in [0.15, 0.2) is 4.77 Å². The Hall–Kier alpha value is -0.850. The van der Waals surface area contributed by atoms with E-state index in [1.54, 1.807) is 0 Å². The zero-order valence-corrected chi connectivity index (χ0v) is 7.24. The Morgan fingerprint density at radius 3 is 2.54 bits per heavy atom. The molecular formula is C6H6F3N3S. The normalized spacial score (nSPS) is 17.8. The van der Waals surface area contributed by atoms with E-state index in [1.807, 2.05) is 0 Å². The molecular weight excluding hydrogens is 203 g/mol. The highest BCUT2D eigenvalue weighted by Crippen LogP contribution is 2.39. The second-order valence-corrected chi connectivity index (χ2v) is 3.34. The quantitative estimate of drug-likeness (QED) is 0.720. The minimum absolute atomic E-state index is 0.0508. The molecule has 0 aliphatic heterocycles. The molecule has 7 heteroatoms. The summed E-state index contributed by atoms with van der Waals surface area (Å²) in [7, 11) is 0. The zero-order chi connectivity index (χ0) is 9.64. The summed E-state index contributed by atoms with van der Waals surface area (Å²) < 4.78 is 38.0. The van der Waals surface area contributed by atoms with E-state index in [2.05, 4.69) is 10.2 Å². The molecule has 0 aromatic carbocycles. The second-order valence-electron chi connectivity index (χ2n) is 2.95. The van der Waals surface area contributed by atoms with Gasteiger partial charge in [-0.05, 0) is 25.1 Å². The van der Waals surface area contributed by atoms with Crippen molar-refractivity contribution in [2.24, 2.45) is 0 Å². The van der Waals surface area contributed by atoms with E-state index in [0.29, 0.717) is 0 Å². The lowest BCUT2D eigenvalue weighted by molar-refractivity contribution is -0.147. The van der Waals surface area contributed by atoms with Gasteiger partial charge in [0.1, 0.15) is 0 Å². The molecule has 1 fully saturated rings. The summed E-state index contributed by atoms with van der Waals surface area (Å²) in [5, 5.41) is 5.33. The Balaban J connectivity index is 2.51. The number of alkyl halides is 3. The monoisotopic (exact) mass is 209 g/mol. The Morgan fingerprint density at radius 2 is 2.08 bits per heavy atom. The lowest BCUT2D eigenvalue weighted by atomic mass is 10.5. The molecule has 1 N–H and O–H groups in total. The Kier molecular flexibility index (Phi) is 1.73. The average molecular weight is 209 g/mol. The van der Waals surface area contributed by atoms with Gasteiger partial charge >= 0.3 is 6.18 Å². The summed E-state index contributed by atoms with van der Waals surface area (Å²) in [5.74, 6) is -0.917. The van der Waals surface area contributed by atoms with Crippen molar-refractivity contribution in [1.29, 1.82) is 0 Å². The van der Waals surface area contributed by atoms with Crippen LogP contribution in [0.25, 0.3) is 0 Å². The molecule has 0 unspecified atom stereocenters. The lowest BCUT2D eigenvalue weighted by Gasteiger charge is -2.06. The third kappa shape index (κ3) is 1.48. The number of nitrogens with one attached hydrogen (secondary N) is 1. The maximum Gasteiger partial charge on any atom is 0.451 e. The lowest BCUT2D eigenvalue weighted by Crippen LogP contribution is -2.14. The summed E-state index contributed by atoms with van der Waals surface area (Å²) in [6.07, 6.45) is -2.93. The molecule has 1 aromatic rings. The van der Waals surface area contributed by atoms with Gasteiger partial charge < -0.3 is 0 Å². The van der Waals surface area contributed by atoms with Crippen LogP contribution >= 0.6 is 12.2 Å². The van der Waals surface area contributed by atoms with E-state index in [0.717, 1.165) is 17.4 Å². The van der Waals surface area contributed by atoms with Crippen LogP contribution in [0.3, 0.4) is 0 Å². The smallest absolute Gasteiger partial charge is 0.293 e. The van der Waals surface area contributed by atoms with Crippen LogP contribution in [0.2, 0.25) is 0 Å². The first kappa shape index (κ1) is 8.74. The van der Waals surface area contributed by atoms with Crippen LogP contribution in [0, 0.1) is 4.77 Å². The van der Waals surface area contributed by atoms with E-state index >= 15 is 0 Å². The average Bonchev–Trinajstić information content (AvgIpc) is 2.73. The third-order valence-corrected chi connectivity index (χ3v) is 2.16. The van der Waals surface area contributed by atoms with E-state index in [1.165, 1.54) is 0 Å². The third-order valence-electron chi connectivity index (χ3n) is 1.87. The molecule has 0 spiro atoms. The van der Waals surface area contributed by atoms with Crippen LogP contribution in [0.15, 0.2) is 0 Å². The number of halogens is 3. The first-order valence-corrected chi connectivity index (χ1v) is 4.15. The van der Waals surface area contributed by atoms with Gasteiger partial charge in [0.2, 0.25) is 5.82 Å². The Bertz CT molecular complexity index is 373. The molecule has 1 aliphatic rings. The standard InChI is InChI=1S/C6H6F3N3S/c7-6(8,9)4-10-11-5(13)12(4)3-1-2-3/h3H,1-2H2,(H,11,13). The van der Waals surface area contributed by atoms with Crippen LogP contribution in [-0.2, 0) is 6.18 Å². The Labute approximate surface area is 76.6 Å². The fourth-order valence-corrected chi connectivity index (χ4v) is 1.46. The predicted molar refractivity (Wildman–Crippen MR) is 40.7 cm³/mol. The van der Waals surface area contributed by atoms with Crippen molar-refractivity contribution in [2.75, 3.05) is 0 Å². The second kappa shape index (κ2) is 2.57. The summed E-state index contributed by atoms with van der Waals surface area (Å²) >= 11 is 4.70. The van der Waals surface area contributed by atoms with Crippen LogP contribution in [0.4, 0.5) is 13.2 Å². The molecule has 0 amide bonds. The van der Waals surface area contributed by atoms with Gasteiger partial charge in [-0.2, -0.15) is 13.2 Å². The van der Waals surface area contributed by atoms with Gasteiger partial charge in [-0.25, -0.2) is 0 Å². The molecule has 1 aromatic heterocycles. The summed E-state index contributed by atoms with van der Waals surface area (Å²) in [4.78, 5) is 0. The topological polar surface area (TPSA) is 33.6 Å². The van der Waals surface area contributed by atoms with Gasteiger partial charge in [0, 0.05) is 6.04 Å². The maximum absolute atomic E-state index is 12.3. The highest BCUT2D eigenvalue weighted by molar-refractivity contribution is 7.71. The van der Waals surface area contributed by atoms with Crippen LogP contribution < -0.4 is 0 Å². The van der Waals surface area contributed by atoms with E-state index in [9.17, 15) is 13.2 Å². The number of H-pyrrole nitrogens is 1. The minimum atomic E-state index is -4.42. The maximum atomic E-state index is 12.3. The van der Waals surface area contributed by atoms with Gasteiger partial charge in [0.25, 0.3) is 0 Å². The van der Waals surface area contributed by atoms with Gasteiger partial charge in [-0.15, -0.1) is 5.10 Å². The van der Waals surface area contributed by atoms with Crippen molar-refractivity contribution in [3.8, 4) is 0 Å². The van der Waals surface area contributed by atoms with Crippen LogP contribution in [-0.4, -0.2) is 14.8 Å². The minimum Gasteiger partial charge on any atom is -0.293 e. The molecule has 13 heavy (non-hydrogen) atoms. The number of nitrogens with zero attached hydrogens (tertiary/aromatic N) is 2. The first-order chi connectivity index (χ1) is 6.00. The molecule has 1 saturated carbocycles. The molecule has 1 heterocycles. The number of hydrogen-bond acceptors (Lipinski definition) is 2. The predicted octanol–water partition coefficient (Wildman–Crippen LogP) is 2.29. The molecule has 0 atom stereocenters. The van der Waals surface area contributed by atoms with Crippen molar-refractivity contribution in [1.82, 2.24) is 14.8 Å². The number of aromatic nitrogens is 3. The zero-order valence-electron chi connectivity index (χ0n) is 6.43. The van der Waals surface area contributed by atoms with Crippen molar-refractivity contribution in [2.45, 2.75) is 25.1 Å². The van der Waals surface area contributed by atoms with Crippen molar-refractivity contribution in [3.05, 3.63) is 10.6 Å². The molecule has 3 nitrogen and oxygen atoms in total. The van der Waals surface area contributed by atoms with Crippen molar-refractivity contribution in [3.63, 3.8) is 0 Å². The number of rotatable bonds is 1. The highest BCUT2D eigenvalue weighted by Gasteiger charge is 2.41. The first-order valence-electron chi connectivity index (χ1n) is 3.74. The highest BCUT2D eigenvalue weighted by atomic mass is 32.1. The summed E-state index contributed by atoms with van der Waals surface area (Å²) in [6, 6.07) is -0.108. The molecule has 0 saturated heterocycles. The largest absolute Gasteiger partial charge is 0.451 e. The number of hydrogen-bond donors (Lipinski definition) is 1. The van der Waals surface area contributed by atoms with Crippen molar-refractivity contribution < 1.29 is 13.2 Å². The fraction of sp³-hybridized carbons (Fsp3) is 0.667. The van der Waals surface area contributed by atoms with Gasteiger partial charge in [-0.3, -0.25) is 9.67 Å². The van der Waals surface area contributed by atoms with Crippen LogP contribution in [0.1, 0.15) is 24.7 Å². The fourth-order valence-electron chi connectivity index (χ4n) is 1.18. The van der Waals surface area contributed by atoms with Gasteiger partial charge in [0.05, 0.1) is 0 Å². The SMILES string of the molecule is FC(F)(F)c1n[nH]c(=S)n1C1CC1.